The number of rotatable bonds is 6. The maximum atomic E-state index is 11.1. The van der Waals surface area contributed by atoms with E-state index in [9.17, 15) is 4.79 Å². The van der Waals surface area contributed by atoms with Crippen LogP contribution in [-0.2, 0) is 9.53 Å². The third-order valence-electron chi connectivity index (χ3n) is 2.11. The topological polar surface area (TPSA) is 84.6 Å². The minimum atomic E-state index is -0.586. The van der Waals surface area contributed by atoms with Gasteiger partial charge in [-0.2, -0.15) is 0 Å². The van der Waals surface area contributed by atoms with Crippen molar-refractivity contribution in [3.8, 4) is 0 Å². The van der Waals surface area contributed by atoms with Crippen LogP contribution in [0.5, 0.6) is 0 Å². The third-order valence-corrected chi connectivity index (χ3v) is 2.11. The molecule has 0 unspecified atom stereocenters. The lowest BCUT2D eigenvalue weighted by Gasteiger charge is -2.19. The van der Waals surface area contributed by atoms with E-state index in [1.165, 1.54) is 7.11 Å². The molecule has 14 heavy (non-hydrogen) atoms. The lowest BCUT2D eigenvalue weighted by atomic mass is 10.1. The molecule has 0 saturated heterocycles. The van der Waals surface area contributed by atoms with E-state index in [2.05, 4.69) is 10.1 Å². The largest absolute Gasteiger partial charge is 0.468 e. The quantitative estimate of drug-likeness (QED) is 0.495. The minimum Gasteiger partial charge on any atom is -0.468 e. The van der Waals surface area contributed by atoms with Gasteiger partial charge in [-0.15, -0.1) is 0 Å². The molecule has 3 atom stereocenters. The number of hydrogen-bond acceptors (Lipinski definition) is 5. The molecule has 0 rings (SSSR count). The molecule has 0 spiro atoms. The predicted molar refractivity (Wildman–Crippen MR) is 53.8 cm³/mol. The summed E-state index contributed by atoms with van der Waals surface area (Å²) in [6.07, 6.45) is 0.0526. The van der Waals surface area contributed by atoms with E-state index in [0.717, 1.165) is 0 Å². The van der Waals surface area contributed by atoms with E-state index in [-0.39, 0.29) is 18.1 Å². The average Bonchev–Trinajstić information content (AvgIpc) is 2.17. The highest BCUT2D eigenvalue weighted by Crippen LogP contribution is 1.95. The molecule has 0 aliphatic heterocycles. The Kier molecular flexibility index (Phi) is 6.44. The Labute approximate surface area is 84.6 Å². The molecule has 0 aliphatic carbocycles. The van der Waals surface area contributed by atoms with Crippen molar-refractivity contribution in [3.63, 3.8) is 0 Å². The Morgan fingerprint density at radius 2 is 2.21 bits per heavy atom. The van der Waals surface area contributed by atoms with Crippen molar-refractivity contribution >= 4 is 5.97 Å². The number of aliphatic hydroxyl groups excluding tert-OH is 1. The van der Waals surface area contributed by atoms with E-state index < -0.39 is 6.10 Å². The zero-order chi connectivity index (χ0) is 11.1. The normalized spacial score (nSPS) is 17.2. The second-order valence-electron chi connectivity index (χ2n) is 3.30. The molecule has 5 nitrogen and oxygen atoms in total. The number of nitrogens with two attached hydrogens (primary N) is 1. The van der Waals surface area contributed by atoms with E-state index >= 15 is 0 Å². The number of hydrogen-bond donors (Lipinski definition) is 3. The molecular formula is C9H20N2O3. The first kappa shape index (κ1) is 13.4. The Morgan fingerprint density at radius 3 is 2.57 bits per heavy atom. The molecule has 0 amide bonds. The zero-order valence-corrected chi connectivity index (χ0v) is 8.99. The van der Waals surface area contributed by atoms with E-state index in [1.54, 1.807) is 6.92 Å². The number of methoxy groups -OCH3 is 1. The predicted octanol–water partition coefficient (Wildman–Crippen LogP) is -0.764. The van der Waals surface area contributed by atoms with Gasteiger partial charge in [-0.3, -0.25) is 4.79 Å². The summed E-state index contributed by atoms with van der Waals surface area (Å²) < 4.78 is 4.59. The number of carbonyl (C=O) groups is 1. The fraction of sp³-hybridized carbons (Fsp3) is 0.889. The van der Waals surface area contributed by atoms with Crippen LogP contribution in [0.4, 0.5) is 0 Å². The van der Waals surface area contributed by atoms with Gasteiger partial charge in [-0.05, 0) is 13.3 Å². The highest BCUT2D eigenvalue weighted by molar-refractivity contribution is 5.75. The van der Waals surface area contributed by atoms with Crippen LogP contribution in [0.25, 0.3) is 0 Å². The standard InChI is InChI=1S/C9H20N2O3/c1-4-8(9(13)14-3)11-5-7(10)6(2)12/h6-8,11-12H,4-5,10H2,1-3H3/t6-,7-,8-/m1/s1. The minimum absolute atomic E-state index is 0.301. The Morgan fingerprint density at radius 1 is 1.64 bits per heavy atom. The summed E-state index contributed by atoms with van der Waals surface area (Å²) in [5, 5.41) is 12.1. The summed E-state index contributed by atoms with van der Waals surface area (Å²) in [7, 11) is 1.35. The molecule has 0 heterocycles. The molecule has 0 aromatic carbocycles. The van der Waals surface area contributed by atoms with Crippen molar-refractivity contribution < 1.29 is 14.6 Å². The van der Waals surface area contributed by atoms with Crippen molar-refractivity contribution in [2.45, 2.75) is 38.5 Å². The van der Waals surface area contributed by atoms with Crippen molar-refractivity contribution in [2.75, 3.05) is 13.7 Å². The summed E-state index contributed by atoms with van der Waals surface area (Å²) in [6.45, 7) is 3.89. The van der Waals surface area contributed by atoms with Crippen molar-refractivity contribution in [3.05, 3.63) is 0 Å². The molecule has 4 N–H and O–H groups in total. The van der Waals surface area contributed by atoms with E-state index in [1.807, 2.05) is 6.92 Å². The highest BCUT2D eigenvalue weighted by Gasteiger charge is 2.18. The van der Waals surface area contributed by atoms with Gasteiger partial charge in [-0.1, -0.05) is 6.92 Å². The van der Waals surface area contributed by atoms with Crippen molar-refractivity contribution in [1.29, 1.82) is 0 Å². The van der Waals surface area contributed by atoms with Crippen LogP contribution in [0.2, 0.25) is 0 Å². The first-order chi connectivity index (χ1) is 6.52. The summed E-state index contributed by atoms with van der Waals surface area (Å²) in [6, 6.07) is -0.710. The van der Waals surface area contributed by atoms with Crippen LogP contribution in [0.1, 0.15) is 20.3 Å². The van der Waals surface area contributed by atoms with Crippen LogP contribution in [0.15, 0.2) is 0 Å². The molecular weight excluding hydrogens is 184 g/mol. The van der Waals surface area contributed by atoms with E-state index in [4.69, 9.17) is 10.8 Å². The molecule has 0 aliphatic rings. The summed E-state index contributed by atoms with van der Waals surface area (Å²) in [5.41, 5.74) is 5.60. The van der Waals surface area contributed by atoms with Crippen molar-refractivity contribution in [2.24, 2.45) is 5.73 Å². The van der Waals surface area contributed by atoms with Crippen LogP contribution >= 0.6 is 0 Å². The Hall–Kier alpha value is -0.650. The van der Waals surface area contributed by atoms with Gasteiger partial charge in [0.2, 0.25) is 0 Å². The van der Waals surface area contributed by atoms with Crippen LogP contribution in [0.3, 0.4) is 0 Å². The lowest BCUT2D eigenvalue weighted by Crippen LogP contribution is -2.47. The number of esters is 1. The maximum Gasteiger partial charge on any atom is 0.322 e. The Balaban J connectivity index is 3.89. The SMILES string of the molecule is CC[C@@H](NC[C@@H](N)[C@@H](C)O)C(=O)OC. The van der Waals surface area contributed by atoms with Gasteiger partial charge in [0, 0.05) is 12.6 Å². The molecule has 0 aromatic heterocycles. The molecule has 0 saturated carbocycles. The molecule has 0 bridgehead atoms. The lowest BCUT2D eigenvalue weighted by molar-refractivity contribution is -0.143. The zero-order valence-electron chi connectivity index (χ0n) is 8.99. The monoisotopic (exact) mass is 204 g/mol. The van der Waals surface area contributed by atoms with Gasteiger partial charge >= 0.3 is 5.97 Å². The van der Waals surface area contributed by atoms with Gasteiger partial charge < -0.3 is 20.9 Å². The number of aliphatic hydroxyl groups is 1. The molecule has 0 aromatic rings. The third kappa shape index (κ3) is 4.55. The Bertz CT molecular complexity index is 173. The first-order valence-electron chi connectivity index (χ1n) is 4.77. The van der Waals surface area contributed by atoms with Gasteiger partial charge in [0.15, 0.2) is 0 Å². The van der Waals surface area contributed by atoms with Crippen LogP contribution < -0.4 is 11.1 Å². The maximum absolute atomic E-state index is 11.1. The molecule has 5 heteroatoms. The molecule has 0 radical (unpaired) electrons. The van der Waals surface area contributed by atoms with Gasteiger partial charge in [0.1, 0.15) is 6.04 Å². The van der Waals surface area contributed by atoms with Crippen molar-refractivity contribution in [1.82, 2.24) is 5.32 Å². The van der Waals surface area contributed by atoms with Gasteiger partial charge in [-0.25, -0.2) is 0 Å². The molecule has 84 valence electrons. The number of ether oxygens (including phenoxy) is 1. The number of nitrogens with one attached hydrogen (secondary N) is 1. The van der Waals surface area contributed by atoms with Gasteiger partial charge in [0.05, 0.1) is 13.2 Å². The second-order valence-corrected chi connectivity index (χ2v) is 3.30. The van der Waals surface area contributed by atoms with Crippen LogP contribution in [0, 0.1) is 0 Å². The second kappa shape index (κ2) is 6.75. The fourth-order valence-electron chi connectivity index (χ4n) is 0.985. The average molecular weight is 204 g/mol. The number of carbonyl (C=O) groups excluding carboxylic acids is 1. The van der Waals surface area contributed by atoms with Crippen LogP contribution in [-0.4, -0.2) is 42.9 Å². The van der Waals surface area contributed by atoms with E-state index in [0.29, 0.717) is 13.0 Å². The van der Waals surface area contributed by atoms with Gasteiger partial charge in [0.25, 0.3) is 0 Å². The summed E-state index contributed by atoms with van der Waals surface area (Å²) in [5.74, 6) is -0.301. The first-order valence-corrected chi connectivity index (χ1v) is 4.77. The fourth-order valence-corrected chi connectivity index (χ4v) is 0.985. The highest BCUT2D eigenvalue weighted by atomic mass is 16.5. The molecule has 0 fully saturated rings. The summed E-state index contributed by atoms with van der Waals surface area (Å²) >= 11 is 0. The smallest absolute Gasteiger partial charge is 0.322 e. The summed E-state index contributed by atoms with van der Waals surface area (Å²) in [4.78, 5) is 11.1.